The molecule has 0 saturated heterocycles. The number of nitrogens with one attached hydrogen (secondary N) is 1. The zero-order chi connectivity index (χ0) is 20.8. The summed E-state index contributed by atoms with van der Waals surface area (Å²) in [6.07, 6.45) is 13.6. The molecule has 2 aromatic heterocycles. The Labute approximate surface area is 177 Å². The van der Waals surface area contributed by atoms with Gasteiger partial charge in [-0.05, 0) is 37.1 Å². The van der Waals surface area contributed by atoms with E-state index in [1.165, 1.54) is 62.9 Å². The van der Waals surface area contributed by atoms with E-state index in [1.807, 2.05) is 18.3 Å². The number of carbonyl (C=O) groups excluding carboxylic acids is 1. The maximum Gasteiger partial charge on any atom is 0.249 e. The molecule has 1 saturated carbocycles. The average molecular weight is 406 g/mol. The number of aromatic amines is 1. The number of carbonyl (C=O) groups is 1. The second kappa shape index (κ2) is 9.85. The van der Waals surface area contributed by atoms with Crippen LogP contribution in [0, 0.1) is 5.92 Å². The number of rotatable bonds is 4. The van der Waals surface area contributed by atoms with Gasteiger partial charge < -0.3 is 5.73 Å². The Morgan fingerprint density at radius 2 is 2.03 bits per heavy atom. The van der Waals surface area contributed by atoms with E-state index < -0.39 is 5.91 Å². The summed E-state index contributed by atoms with van der Waals surface area (Å²) in [5, 5.41) is 8.05. The molecule has 2 aliphatic rings. The summed E-state index contributed by atoms with van der Waals surface area (Å²) >= 11 is 0. The van der Waals surface area contributed by atoms with E-state index in [1.54, 1.807) is 24.4 Å². The van der Waals surface area contributed by atoms with E-state index in [0.29, 0.717) is 5.56 Å². The molecule has 5 rings (SSSR count). The van der Waals surface area contributed by atoms with E-state index in [4.69, 9.17) is 5.73 Å². The number of nitrogens with zero attached hydrogens (tertiary/aromatic N) is 3. The van der Waals surface area contributed by atoms with Crippen molar-refractivity contribution in [2.24, 2.45) is 11.7 Å². The molecule has 0 unspecified atom stereocenters. The quantitative estimate of drug-likeness (QED) is 0.685. The van der Waals surface area contributed by atoms with Gasteiger partial charge in [-0.15, -0.1) is 0 Å². The largest absolute Gasteiger partial charge is 0.366 e. The number of nitrogens with two attached hydrogens (primary N) is 1. The van der Waals surface area contributed by atoms with Gasteiger partial charge in [0.1, 0.15) is 0 Å². The molecule has 1 fully saturated rings. The fraction of sp³-hybridized carbons (Fsp3) is 0.458. The summed E-state index contributed by atoms with van der Waals surface area (Å²) < 4.78 is 0. The van der Waals surface area contributed by atoms with Crippen molar-refractivity contribution in [1.82, 2.24) is 20.1 Å². The van der Waals surface area contributed by atoms with Crippen LogP contribution < -0.4 is 5.73 Å². The lowest BCUT2D eigenvalue weighted by molar-refractivity contribution is 0.100. The van der Waals surface area contributed by atoms with Crippen molar-refractivity contribution >= 4 is 16.8 Å². The summed E-state index contributed by atoms with van der Waals surface area (Å²) in [5.74, 6) is 0.591. The first-order valence-electron chi connectivity index (χ1n) is 11.1. The van der Waals surface area contributed by atoms with Crippen LogP contribution in [0.1, 0.15) is 60.1 Å². The van der Waals surface area contributed by atoms with Crippen molar-refractivity contribution in [3.63, 3.8) is 0 Å². The molecule has 1 amide bonds. The van der Waals surface area contributed by atoms with Gasteiger partial charge in [-0.2, -0.15) is 5.10 Å². The lowest BCUT2D eigenvalue weighted by atomic mass is 9.87. The number of hydrogen-bond acceptors (Lipinski definition) is 4. The number of benzene rings is 1. The molecule has 0 bridgehead atoms. The first-order valence-corrected chi connectivity index (χ1v) is 11.1. The number of amides is 1. The molecule has 3 heterocycles. The molecule has 1 aliphatic heterocycles. The second-order valence-electron chi connectivity index (χ2n) is 8.43. The van der Waals surface area contributed by atoms with Gasteiger partial charge in [0.15, 0.2) is 0 Å². The van der Waals surface area contributed by atoms with Gasteiger partial charge in [0.2, 0.25) is 5.91 Å². The van der Waals surface area contributed by atoms with Crippen LogP contribution in [0.15, 0.2) is 42.7 Å². The van der Waals surface area contributed by atoms with Gasteiger partial charge >= 0.3 is 0 Å². The zero-order valence-corrected chi connectivity index (χ0v) is 17.5. The lowest BCUT2D eigenvalue weighted by Gasteiger charge is -2.29. The molecule has 158 valence electrons. The number of fused-ring (bicyclic) bond motifs is 2. The summed E-state index contributed by atoms with van der Waals surface area (Å²) in [6.45, 7) is 3.61. The van der Waals surface area contributed by atoms with Crippen molar-refractivity contribution in [2.45, 2.75) is 51.5 Å². The summed E-state index contributed by atoms with van der Waals surface area (Å²) in [7, 11) is 0. The first kappa shape index (κ1) is 20.5. The Kier molecular flexibility index (Phi) is 6.74. The van der Waals surface area contributed by atoms with Crippen LogP contribution in [-0.4, -0.2) is 39.1 Å². The molecule has 1 aliphatic carbocycles. The molecular formula is C24H31N5O. The molecule has 0 atom stereocenters. The highest BCUT2D eigenvalue weighted by molar-refractivity contribution is 6.05. The molecule has 6 heteroatoms. The molecule has 3 aromatic rings. The third-order valence-electron chi connectivity index (χ3n) is 6.37. The molecule has 0 radical (unpaired) electrons. The van der Waals surface area contributed by atoms with E-state index in [-0.39, 0.29) is 0 Å². The van der Waals surface area contributed by atoms with Crippen molar-refractivity contribution in [3.8, 4) is 0 Å². The number of hydrogen-bond donors (Lipinski definition) is 2. The third-order valence-corrected chi connectivity index (χ3v) is 6.37. The summed E-state index contributed by atoms with van der Waals surface area (Å²) in [4.78, 5) is 17.7. The minimum absolute atomic E-state index is 0.418. The van der Waals surface area contributed by atoms with Crippen LogP contribution in [-0.2, 0) is 13.0 Å². The number of aromatic nitrogens is 3. The Morgan fingerprint density at radius 1 is 1.17 bits per heavy atom. The van der Waals surface area contributed by atoms with Gasteiger partial charge in [0.05, 0.1) is 11.7 Å². The molecular weight excluding hydrogens is 374 g/mol. The maximum atomic E-state index is 11.0. The second-order valence-corrected chi connectivity index (χ2v) is 8.43. The normalized spacial score (nSPS) is 17.2. The predicted molar refractivity (Wildman–Crippen MR) is 119 cm³/mol. The van der Waals surface area contributed by atoms with Crippen molar-refractivity contribution < 1.29 is 4.79 Å². The highest BCUT2D eigenvalue weighted by Crippen LogP contribution is 2.27. The number of pyridine rings is 1. The minimum atomic E-state index is -0.418. The van der Waals surface area contributed by atoms with Crippen molar-refractivity contribution in [1.29, 1.82) is 0 Å². The smallest absolute Gasteiger partial charge is 0.249 e. The van der Waals surface area contributed by atoms with Gasteiger partial charge in [0, 0.05) is 47.9 Å². The van der Waals surface area contributed by atoms with Crippen molar-refractivity contribution in [2.75, 3.05) is 13.1 Å². The Balaban J connectivity index is 0.000000151. The highest BCUT2D eigenvalue weighted by atomic mass is 16.1. The van der Waals surface area contributed by atoms with Crippen LogP contribution in [0.2, 0.25) is 0 Å². The van der Waals surface area contributed by atoms with Crippen LogP contribution in [0.25, 0.3) is 10.9 Å². The fourth-order valence-electron chi connectivity index (χ4n) is 4.63. The fourth-order valence-corrected chi connectivity index (χ4v) is 4.63. The molecule has 0 spiro atoms. The standard InChI is InChI=1S/C14H23N3.C10H8N2O/c1-2-4-12(5-3-1)6-8-17-9-7-14-13(11-17)10-15-16-14;11-10(13)8-3-1-5-9-7(8)4-2-6-12-9/h10,12H,1-9,11H2,(H,15,16);1-6H,(H2,11,13). The maximum absolute atomic E-state index is 11.0. The summed E-state index contributed by atoms with van der Waals surface area (Å²) in [5.41, 5.74) is 9.30. The van der Waals surface area contributed by atoms with E-state index in [2.05, 4.69) is 20.1 Å². The van der Waals surface area contributed by atoms with E-state index >= 15 is 0 Å². The summed E-state index contributed by atoms with van der Waals surface area (Å²) in [6, 6.07) is 8.95. The van der Waals surface area contributed by atoms with Crippen LogP contribution in [0.5, 0.6) is 0 Å². The Hall–Kier alpha value is -2.73. The van der Waals surface area contributed by atoms with Crippen LogP contribution in [0.3, 0.4) is 0 Å². The van der Waals surface area contributed by atoms with Gasteiger partial charge in [-0.1, -0.05) is 44.2 Å². The number of primary amides is 1. The van der Waals surface area contributed by atoms with Crippen molar-refractivity contribution in [3.05, 3.63) is 59.5 Å². The monoisotopic (exact) mass is 405 g/mol. The number of H-pyrrole nitrogens is 1. The molecule has 3 N–H and O–H groups in total. The molecule has 30 heavy (non-hydrogen) atoms. The first-order chi connectivity index (χ1) is 14.7. The van der Waals surface area contributed by atoms with E-state index in [9.17, 15) is 4.79 Å². The molecule has 1 aromatic carbocycles. The lowest BCUT2D eigenvalue weighted by Crippen LogP contribution is -2.32. The third kappa shape index (κ3) is 5.05. The van der Waals surface area contributed by atoms with Gasteiger partial charge in [-0.25, -0.2) is 0 Å². The predicted octanol–water partition coefficient (Wildman–Crippen LogP) is 4.07. The Bertz CT molecular complexity index is 971. The zero-order valence-electron chi connectivity index (χ0n) is 17.5. The van der Waals surface area contributed by atoms with Gasteiger partial charge in [-0.3, -0.25) is 19.8 Å². The van der Waals surface area contributed by atoms with Gasteiger partial charge in [0.25, 0.3) is 0 Å². The minimum Gasteiger partial charge on any atom is -0.366 e. The topological polar surface area (TPSA) is 87.9 Å². The molecule has 6 nitrogen and oxygen atoms in total. The SMILES string of the molecule is NC(=O)c1cccc2ncccc12.c1n[nH]c2c1CN(CCC1CCCCC1)CC2. The van der Waals surface area contributed by atoms with Crippen LogP contribution >= 0.6 is 0 Å². The highest BCUT2D eigenvalue weighted by Gasteiger charge is 2.19. The van der Waals surface area contributed by atoms with Crippen LogP contribution in [0.4, 0.5) is 0 Å². The Morgan fingerprint density at radius 3 is 2.87 bits per heavy atom. The van der Waals surface area contributed by atoms with E-state index in [0.717, 1.165) is 29.8 Å². The average Bonchev–Trinajstić information content (AvgIpc) is 3.26.